The summed E-state index contributed by atoms with van der Waals surface area (Å²) in [6, 6.07) is 10.1. The van der Waals surface area contributed by atoms with Gasteiger partial charge < -0.3 is 0 Å². The highest BCUT2D eigenvalue weighted by Gasteiger charge is 2.51. The van der Waals surface area contributed by atoms with E-state index in [4.69, 9.17) is 0 Å². The van der Waals surface area contributed by atoms with Crippen LogP contribution in [0.25, 0.3) is 16.8 Å². The number of hydrogen-bond acceptors (Lipinski definition) is 3. The smallest absolute Gasteiger partial charge is 0.160 e. The van der Waals surface area contributed by atoms with Crippen LogP contribution >= 0.6 is 0 Å². The lowest BCUT2D eigenvalue weighted by atomic mass is 9.63. The minimum absolute atomic E-state index is 0.0989. The predicted molar refractivity (Wildman–Crippen MR) is 93.6 cm³/mol. The second-order valence-electron chi connectivity index (χ2n) is 6.96. The van der Waals surface area contributed by atoms with E-state index in [0.29, 0.717) is 12.8 Å². The molecule has 3 heteroatoms. The molecule has 3 nitrogen and oxygen atoms in total. The van der Waals surface area contributed by atoms with Crippen LogP contribution in [0.5, 0.6) is 0 Å². The Kier molecular flexibility index (Phi) is 3.11. The summed E-state index contributed by atoms with van der Waals surface area (Å²) in [5, 5.41) is 0. The molecule has 2 aliphatic carbocycles. The van der Waals surface area contributed by atoms with Crippen molar-refractivity contribution in [2.75, 3.05) is 0 Å². The van der Waals surface area contributed by atoms with Gasteiger partial charge in [-0.15, -0.1) is 0 Å². The van der Waals surface area contributed by atoms with Gasteiger partial charge in [0, 0.05) is 30.0 Å². The molecule has 1 aromatic heterocycles. The summed E-state index contributed by atoms with van der Waals surface area (Å²) >= 11 is 0. The summed E-state index contributed by atoms with van der Waals surface area (Å²) < 4.78 is 0. The van der Waals surface area contributed by atoms with Crippen molar-refractivity contribution < 1.29 is 9.59 Å². The number of carbonyl (C=O) groups is 2. The largest absolute Gasteiger partial charge is 0.300 e. The number of aromatic nitrogens is 1. The Morgan fingerprint density at radius 2 is 2.00 bits per heavy atom. The van der Waals surface area contributed by atoms with Crippen molar-refractivity contribution in [2.24, 2.45) is 0 Å². The molecule has 0 radical (unpaired) electrons. The molecular formula is C21H19NO2. The first kappa shape index (κ1) is 15.0. The maximum atomic E-state index is 12.7. The van der Waals surface area contributed by atoms with Crippen LogP contribution in [0.2, 0.25) is 0 Å². The molecule has 0 bridgehead atoms. The van der Waals surface area contributed by atoms with Crippen LogP contribution in [0.3, 0.4) is 0 Å². The highest BCUT2D eigenvalue weighted by molar-refractivity contribution is 6.14. The summed E-state index contributed by atoms with van der Waals surface area (Å²) in [6.07, 6.45) is 2.49. The van der Waals surface area contributed by atoms with E-state index in [1.807, 2.05) is 25.1 Å². The first-order valence-electron chi connectivity index (χ1n) is 8.25. The number of pyridine rings is 1. The van der Waals surface area contributed by atoms with E-state index < -0.39 is 5.41 Å². The fourth-order valence-electron chi connectivity index (χ4n) is 4.52. The van der Waals surface area contributed by atoms with Crippen LogP contribution in [-0.2, 0) is 15.0 Å². The molecule has 0 spiro atoms. The summed E-state index contributed by atoms with van der Waals surface area (Å²) in [5.41, 5.74) is 6.47. The zero-order chi connectivity index (χ0) is 17.1. The molecular weight excluding hydrogens is 298 g/mol. The molecule has 1 atom stereocenters. The van der Waals surface area contributed by atoms with Crippen molar-refractivity contribution in [1.29, 1.82) is 0 Å². The average Bonchev–Trinajstić information content (AvgIpc) is 2.79. The molecule has 0 saturated heterocycles. The normalized spacial score (nSPS) is 21.4. The number of carbonyl (C=O) groups excluding carboxylic acids is 2. The van der Waals surface area contributed by atoms with E-state index in [2.05, 4.69) is 24.0 Å². The van der Waals surface area contributed by atoms with E-state index in [1.165, 1.54) is 0 Å². The van der Waals surface area contributed by atoms with Crippen molar-refractivity contribution in [3.63, 3.8) is 0 Å². The van der Waals surface area contributed by atoms with Crippen LogP contribution < -0.4 is 0 Å². The summed E-state index contributed by atoms with van der Waals surface area (Å²) in [5.74, 6) is 0.235. The Morgan fingerprint density at radius 1 is 1.21 bits per heavy atom. The number of rotatable bonds is 2. The van der Waals surface area contributed by atoms with Crippen LogP contribution in [0.4, 0.5) is 0 Å². The van der Waals surface area contributed by atoms with Crippen LogP contribution in [0.1, 0.15) is 43.4 Å². The second-order valence-corrected chi connectivity index (χ2v) is 6.96. The van der Waals surface area contributed by atoms with Crippen molar-refractivity contribution in [3.8, 4) is 11.3 Å². The van der Waals surface area contributed by atoms with Crippen LogP contribution in [0.15, 0.2) is 42.1 Å². The average molecular weight is 317 g/mol. The Labute approximate surface area is 141 Å². The molecule has 120 valence electrons. The number of nitrogens with zero attached hydrogens (tertiary/aromatic N) is 1. The van der Waals surface area contributed by atoms with E-state index in [-0.39, 0.29) is 11.6 Å². The van der Waals surface area contributed by atoms with Crippen molar-refractivity contribution >= 4 is 17.1 Å². The summed E-state index contributed by atoms with van der Waals surface area (Å²) in [6.45, 7) is 5.57. The number of aryl methyl sites for hydroxylation is 1. The Hall–Kier alpha value is -2.55. The molecule has 0 aliphatic heterocycles. The van der Waals surface area contributed by atoms with E-state index in [1.54, 1.807) is 13.1 Å². The third-order valence-electron chi connectivity index (χ3n) is 5.39. The molecule has 1 heterocycles. The molecule has 0 N–H and O–H groups in total. The maximum absolute atomic E-state index is 12.7. The maximum Gasteiger partial charge on any atom is 0.160 e. The molecule has 0 fully saturated rings. The molecule has 1 unspecified atom stereocenters. The molecule has 4 rings (SSSR count). The van der Waals surface area contributed by atoms with Crippen LogP contribution in [-0.4, -0.2) is 16.6 Å². The third kappa shape index (κ3) is 1.81. The minimum Gasteiger partial charge on any atom is -0.300 e. The molecule has 2 aliphatic rings. The molecule has 24 heavy (non-hydrogen) atoms. The highest BCUT2D eigenvalue weighted by atomic mass is 16.1. The zero-order valence-corrected chi connectivity index (χ0v) is 14.1. The van der Waals surface area contributed by atoms with Gasteiger partial charge in [0.05, 0.1) is 5.69 Å². The number of ketones is 2. The monoisotopic (exact) mass is 317 g/mol. The lowest BCUT2D eigenvalue weighted by molar-refractivity contribution is -0.118. The van der Waals surface area contributed by atoms with Crippen molar-refractivity contribution in [1.82, 2.24) is 4.98 Å². The van der Waals surface area contributed by atoms with Crippen molar-refractivity contribution in [2.45, 2.75) is 39.0 Å². The van der Waals surface area contributed by atoms with E-state index in [0.717, 1.165) is 39.1 Å². The van der Waals surface area contributed by atoms with Gasteiger partial charge in [-0.2, -0.15) is 0 Å². The van der Waals surface area contributed by atoms with Gasteiger partial charge in [-0.1, -0.05) is 24.3 Å². The predicted octanol–water partition coefficient (Wildman–Crippen LogP) is 4.03. The SMILES string of the molecule is CC(=O)CC12CC(=O)C(C)=C1c1c(C)cccc1-c1ncccc12. The van der Waals surface area contributed by atoms with Gasteiger partial charge >= 0.3 is 0 Å². The zero-order valence-electron chi connectivity index (χ0n) is 14.1. The number of allylic oxidation sites excluding steroid dienone is 2. The van der Waals surface area contributed by atoms with Gasteiger partial charge in [0.2, 0.25) is 0 Å². The molecule has 1 aromatic carbocycles. The number of fused-ring (bicyclic) bond motifs is 6. The lowest BCUT2D eigenvalue weighted by Crippen LogP contribution is -2.32. The van der Waals surface area contributed by atoms with Gasteiger partial charge in [-0.3, -0.25) is 14.6 Å². The fraction of sp³-hybridized carbons (Fsp3) is 0.286. The fourth-order valence-corrected chi connectivity index (χ4v) is 4.52. The van der Waals surface area contributed by atoms with Gasteiger partial charge in [0.25, 0.3) is 0 Å². The molecule has 2 aromatic rings. The van der Waals surface area contributed by atoms with E-state index in [9.17, 15) is 9.59 Å². The first-order chi connectivity index (χ1) is 11.5. The summed E-state index contributed by atoms with van der Waals surface area (Å²) in [7, 11) is 0. The number of hydrogen-bond donors (Lipinski definition) is 0. The van der Waals surface area contributed by atoms with E-state index >= 15 is 0 Å². The quantitative estimate of drug-likeness (QED) is 0.840. The minimum atomic E-state index is -0.560. The third-order valence-corrected chi connectivity index (χ3v) is 5.39. The standard InChI is InChI=1S/C21H19NO2/c1-12-6-4-7-15-18(12)19-14(3)17(24)11-21(19,10-13(2)23)16-8-5-9-22-20(15)16/h4-9H,10-11H2,1-3H3. The lowest BCUT2D eigenvalue weighted by Gasteiger charge is -2.39. The Bertz CT molecular complexity index is 939. The van der Waals surface area contributed by atoms with Crippen molar-refractivity contribution in [3.05, 3.63) is 58.8 Å². The highest BCUT2D eigenvalue weighted by Crippen LogP contribution is 2.58. The molecule has 0 saturated carbocycles. The second kappa shape index (κ2) is 4.97. The van der Waals surface area contributed by atoms with Gasteiger partial charge in [-0.05, 0) is 54.7 Å². The van der Waals surface area contributed by atoms with Gasteiger partial charge in [0.1, 0.15) is 5.78 Å². The summed E-state index contributed by atoms with van der Waals surface area (Å²) in [4.78, 5) is 29.4. The van der Waals surface area contributed by atoms with Gasteiger partial charge in [0.15, 0.2) is 5.78 Å². The Morgan fingerprint density at radius 3 is 2.75 bits per heavy atom. The van der Waals surface area contributed by atoms with Gasteiger partial charge in [-0.25, -0.2) is 0 Å². The first-order valence-corrected chi connectivity index (χ1v) is 8.25. The topological polar surface area (TPSA) is 47.0 Å². The number of benzene rings is 1. The number of Topliss-reactive ketones (excluding diaryl/α,β-unsaturated/α-hetero) is 2. The molecule has 0 amide bonds. The van der Waals surface area contributed by atoms with Crippen LogP contribution in [0, 0.1) is 6.92 Å². The Balaban J connectivity index is 2.17.